The van der Waals surface area contributed by atoms with Gasteiger partial charge in [-0.3, -0.25) is 9.89 Å². The van der Waals surface area contributed by atoms with Crippen LogP contribution < -0.4 is 0 Å². The van der Waals surface area contributed by atoms with Crippen LogP contribution in [0.15, 0.2) is 29.4 Å². The fraction of sp³-hybridized carbons (Fsp3) is 0.182. The zero-order valence-corrected chi connectivity index (χ0v) is 10.2. The summed E-state index contributed by atoms with van der Waals surface area (Å²) in [6.07, 6.45) is 0. The summed E-state index contributed by atoms with van der Waals surface area (Å²) in [4.78, 5) is 14.8. The first-order valence-electron chi connectivity index (χ1n) is 5.14. The van der Waals surface area contributed by atoms with Crippen LogP contribution in [-0.2, 0) is 4.79 Å². The van der Waals surface area contributed by atoms with Gasteiger partial charge in [0.1, 0.15) is 11.1 Å². The summed E-state index contributed by atoms with van der Waals surface area (Å²) in [5.74, 6) is -0.768. The van der Waals surface area contributed by atoms with E-state index in [1.807, 2.05) is 0 Å². The molecule has 1 heterocycles. The fourth-order valence-corrected chi connectivity index (χ4v) is 1.90. The molecule has 2 rings (SSSR count). The molecule has 0 aliphatic heterocycles. The van der Waals surface area contributed by atoms with E-state index in [0.717, 1.165) is 11.8 Å². The maximum Gasteiger partial charge on any atom is 0.316 e. The Bertz CT molecular complexity index is 556. The minimum Gasteiger partial charge on any atom is -0.480 e. The summed E-state index contributed by atoms with van der Waals surface area (Å²) in [5, 5.41) is 15.1. The van der Waals surface area contributed by atoms with Gasteiger partial charge in [-0.15, -0.1) is 5.10 Å². The highest BCUT2D eigenvalue weighted by molar-refractivity contribution is 8.00. The van der Waals surface area contributed by atoms with Crippen molar-refractivity contribution < 1.29 is 14.3 Å². The second-order valence-corrected chi connectivity index (χ2v) is 4.88. The number of halogens is 1. The number of nitrogens with zero attached hydrogens (tertiary/aromatic N) is 2. The van der Waals surface area contributed by atoms with Crippen LogP contribution >= 0.6 is 11.8 Å². The molecule has 0 aliphatic rings. The van der Waals surface area contributed by atoms with E-state index in [1.165, 1.54) is 12.1 Å². The predicted molar refractivity (Wildman–Crippen MR) is 64.7 cm³/mol. The van der Waals surface area contributed by atoms with Crippen LogP contribution in [0.2, 0.25) is 0 Å². The van der Waals surface area contributed by atoms with Crippen molar-refractivity contribution in [1.82, 2.24) is 15.2 Å². The van der Waals surface area contributed by atoms with E-state index < -0.39 is 11.2 Å². The average molecular weight is 267 g/mol. The molecule has 0 saturated carbocycles. The quantitative estimate of drug-likeness (QED) is 0.830. The van der Waals surface area contributed by atoms with Gasteiger partial charge in [-0.05, 0) is 31.2 Å². The molecule has 1 aromatic heterocycles. The third-order valence-electron chi connectivity index (χ3n) is 2.21. The molecule has 5 nitrogen and oxygen atoms in total. The number of thioether (sulfide) groups is 1. The van der Waals surface area contributed by atoms with Crippen LogP contribution in [-0.4, -0.2) is 31.5 Å². The standard InChI is InChI=1S/C11H10FN3O2S/c1-6(10(16)17)18-11-13-9(14-15-11)7-2-4-8(12)5-3-7/h2-6H,1H3,(H,16,17)(H,13,14,15)/t6-/m1/s1. The van der Waals surface area contributed by atoms with E-state index in [1.54, 1.807) is 19.1 Å². The first-order valence-corrected chi connectivity index (χ1v) is 6.02. The molecular weight excluding hydrogens is 257 g/mol. The Balaban J connectivity index is 2.15. The van der Waals surface area contributed by atoms with E-state index >= 15 is 0 Å². The highest BCUT2D eigenvalue weighted by Gasteiger charge is 2.15. The van der Waals surface area contributed by atoms with E-state index in [-0.39, 0.29) is 5.82 Å². The van der Waals surface area contributed by atoms with E-state index in [0.29, 0.717) is 16.5 Å². The number of nitrogens with one attached hydrogen (secondary N) is 1. The van der Waals surface area contributed by atoms with Crippen LogP contribution in [0.25, 0.3) is 11.4 Å². The van der Waals surface area contributed by atoms with Crippen LogP contribution in [0.3, 0.4) is 0 Å². The van der Waals surface area contributed by atoms with Gasteiger partial charge in [0, 0.05) is 5.56 Å². The minimum absolute atomic E-state index is 0.327. The molecule has 0 spiro atoms. The molecule has 94 valence electrons. The maximum absolute atomic E-state index is 12.8. The number of aromatic amines is 1. The Kier molecular flexibility index (Phi) is 3.61. The highest BCUT2D eigenvalue weighted by atomic mass is 32.2. The lowest BCUT2D eigenvalue weighted by atomic mass is 10.2. The van der Waals surface area contributed by atoms with Gasteiger partial charge in [0.15, 0.2) is 5.82 Å². The molecular formula is C11H10FN3O2S. The number of carboxylic acids is 1. The molecule has 0 amide bonds. The Morgan fingerprint density at radius 3 is 2.72 bits per heavy atom. The van der Waals surface area contributed by atoms with Crippen molar-refractivity contribution >= 4 is 17.7 Å². The number of hydrogen-bond acceptors (Lipinski definition) is 4. The highest BCUT2D eigenvalue weighted by Crippen LogP contribution is 2.22. The maximum atomic E-state index is 12.8. The largest absolute Gasteiger partial charge is 0.480 e. The molecule has 0 fully saturated rings. The molecule has 2 aromatic rings. The number of rotatable bonds is 4. The number of aliphatic carboxylic acids is 1. The molecule has 2 N–H and O–H groups in total. The fourth-order valence-electron chi connectivity index (χ4n) is 1.24. The summed E-state index contributed by atoms with van der Waals surface area (Å²) in [7, 11) is 0. The summed E-state index contributed by atoms with van der Waals surface area (Å²) in [5.41, 5.74) is 0.693. The average Bonchev–Trinajstić information content (AvgIpc) is 2.78. The minimum atomic E-state index is -0.923. The summed E-state index contributed by atoms with van der Waals surface area (Å²) >= 11 is 1.04. The van der Waals surface area contributed by atoms with Gasteiger partial charge in [0.05, 0.1) is 0 Å². The molecule has 0 radical (unpaired) electrons. The molecule has 18 heavy (non-hydrogen) atoms. The SMILES string of the molecule is C[C@@H](Sc1n[nH]c(-c2ccc(F)cc2)n1)C(=O)O. The normalized spacial score (nSPS) is 12.3. The van der Waals surface area contributed by atoms with E-state index in [9.17, 15) is 9.18 Å². The molecule has 7 heteroatoms. The predicted octanol–water partition coefficient (Wildman–Crippen LogP) is 2.18. The van der Waals surface area contributed by atoms with Crippen LogP contribution in [0.4, 0.5) is 4.39 Å². The summed E-state index contributed by atoms with van der Waals surface area (Å²) in [6.45, 7) is 1.56. The number of aromatic nitrogens is 3. The van der Waals surface area contributed by atoms with Gasteiger partial charge >= 0.3 is 5.97 Å². The van der Waals surface area contributed by atoms with Crippen molar-refractivity contribution in [2.45, 2.75) is 17.3 Å². The monoisotopic (exact) mass is 267 g/mol. The van der Waals surface area contributed by atoms with Gasteiger partial charge < -0.3 is 5.11 Å². The first-order chi connectivity index (χ1) is 8.56. The van der Waals surface area contributed by atoms with Gasteiger partial charge in [0.2, 0.25) is 5.16 Å². The van der Waals surface area contributed by atoms with Gasteiger partial charge in [-0.1, -0.05) is 11.8 Å². The van der Waals surface area contributed by atoms with Crippen molar-refractivity contribution in [3.63, 3.8) is 0 Å². The Morgan fingerprint density at radius 1 is 1.44 bits per heavy atom. The molecule has 1 aromatic carbocycles. The first kappa shape index (κ1) is 12.6. The van der Waals surface area contributed by atoms with Crippen LogP contribution in [0.5, 0.6) is 0 Å². The van der Waals surface area contributed by atoms with Crippen molar-refractivity contribution in [2.24, 2.45) is 0 Å². The van der Waals surface area contributed by atoms with Crippen LogP contribution in [0.1, 0.15) is 6.92 Å². The second kappa shape index (κ2) is 5.18. The van der Waals surface area contributed by atoms with Crippen molar-refractivity contribution in [1.29, 1.82) is 0 Å². The van der Waals surface area contributed by atoms with Gasteiger partial charge in [-0.25, -0.2) is 9.37 Å². The number of carboxylic acid groups (broad SMARTS) is 1. The Hall–Kier alpha value is -1.89. The topological polar surface area (TPSA) is 78.9 Å². The molecule has 0 bridgehead atoms. The Labute approximate surface area is 106 Å². The third-order valence-corrected chi connectivity index (χ3v) is 3.16. The van der Waals surface area contributed by atoms with Crippen molar-refractivity contribution in [2.75, 3.05) is 0 Å². The zero-order chi connectivity index (χ0) is 13.1. The van der Waals surface area contributed by atoms with Gasteiger partial charge in [0.25, 0.3) is 0 Å². The lowest BCUT2D eigenvalue weighted by molar-refractivity contribution is -0.136. The molecule has 0 aliphatic carbocycles. The van der Waals surface area contributed by atoms with E-state index in [2.05, 4.69) is 15.2 Å². The number of hydrogen-bond donors (Lipinski definition) is 2. The third kappa shape index (κ3) is 2.86. The number of carbonyl (C=O) groups is 1. The second-order valence-electron chi connectivity index (χ2n) is 3.57. The number of benzene rings is 1. The van der Waals surface area contributed by atoms with Gasteiger partial charge in [-0.2, -0.15) is 0 Å². The zero-order valence-electron chi connectivity index (χ0n) is 9.42. The number of H-pyrrole nitrogens is 1. The van der Waals surface area contributed by atoms with E-state index in [4.69, 9.17) is 5.11 Å². The lowest BCUT2D eigenvalue weighted by Gasteiger charge is -2.00. The Morgan fingerprint density at radius 2 is 2.11 bits per heavy atom. The summed E-state index contributed by atoms with van der Waals surface area (Å²) in [6, 6.07) is 5.80. The van der Waals surface area contributed by atoms with Crippen molar-refractivity contribution in [3.8, 4) is 11.4 Å². The van der Waals surface area contributed by atoms with Crippen LogP contribution in [0, 0.1) is 5.82 Å². The van der Waals surface area contributed by atoms with Crippen molar-refractivity contribution in [3.05, 3.63) is 30.1 Å². The summed E-state index contributed by atoms with van der Waals surface area (Å²) < 4.78 is 12.8. The molecule has 0 saturated heterocycles. The molecule has 0 unspecified atom stereocenters. The molecule has 1 atom stereocenters. The lowest BCUT2D eigenvalue weighted by Crippen LogP contribution is -2.11. The smallest absolute Gasteiger partial charge is 0.316 e.